The number of rotatable bonds is 2. The molecule has 2 aliphatic heterocycles. The molecule has 2 nitrogen and oxygen atoms in total. The summed E-state index contributed by atoms with van der Waals surface area (Å²) in [6, 6.07) is 0. The van der Waals surface area contributed by atoms with E-state index in [9.17, 15) is 4.79 Å². The van der Waals surface area contributed by atoms with E-state index < -0.39 is 0 Å². The summed E-state index contributed by atoms with van der Waals surface area (Å²) in [5, 5.41) is 0. The van der Waals surface area contributed by atoms with Crippen LogP contribution in [-0.4, -0.2) is 18.0 Å². The summed E-state index contributed by atoms with van der Waals surface area (Å²) in [5.41, 5.74) is 1.11. The molecule has 0 radical (unpaired) electrons. The van der Waals surface area contributed by atoms with Crippen LogP contribution in [0.4, 0.5) is 0 Å². The van der Waals surface area contributed by atoms with Gasteiger partial charge in [0.05, 0.1) is 18.1 Å². The molecule has 0 saturated carbocycles. The topological polar surface area (TPSA) is 26.3 Å². The molecule has 0 aromatic rings. The van der Waals surface area contributed by atoms with Crippen molar-refractivity contribution in [2.75, 3.05) is 0 Å². The van der Waals surface area contributed by atoms with Crippen LogP contribution in [-0.2, 0) is 9.53 Å². The van der Waals surface area contributed by atoms with Crippen molar-refractivity contribution in [2.24, 2.45) is 5.92 Å². The van der Waals surface area contributed by atoms with Gasteiger partial charge in [-0.15, -0.1) is 0 Å². The van der Waals surface area contributed by atoms with Gasteiger partial charge >= 0.3 is 0 Å². The van der Waals surface area contributed by atoms with Crippen LogP contribution in [0.15, 0.2) is 11.6 Å². The van der Waals surface area contributed by atoms with Crippen LogP contribution in [0, 0.1) is 5.92 Å². The lowest BCUT2D eigenvalue weighted by molar-refractivity contribution is -0.120. The van der Waals surface area contributed by atoms with E-state index in [0.717, 1.165) is 31.3 Å². The van der Waals surface area contributed by atoms with E-state index in [0.29, 0.717) is 11.9 Å². The number of hydrogen-bond acceptors (Lipinski definition) is 2. The zero-order valence-corrected chi connectivity index (χ0v) is 9.78. The quantitative estimate of drug-likeness (QED) is 0.715. The third-order valence-electron chi connectivity index (χ3n) is 4.30. The molecule has 0 amide bonds. The molecule has 88 valence electrons. The molecule has 0 aromatic carbocycles. The summed E-state index contributed by atoms with van der Waals surface area (Å²) in [6.45, 7) is 0. The summed E-state index contributed by atoms with van der Waals surface area (Å²) in [5.74, 6) is 0.609. The predicted molar refractivity (Wildman–Crippen MR) is 62.2 cm³/mol. The van der Waals surface area contributed by atoms with Gasteiger partial charge in [-0.1, -0.05) is 12.5 Å². The fourth-order valence-corrected chi connectivity index (χ4v) is 3.39. The molecular formula is C14H20O2. The molecule has 16 heavy (non-hydrogen) atoms. The lowest BCUT2D eigenvalue weighted by Crippen LogP contribution is -2.26. The van der Waals surface area contributed by atoms with Crippen molar-refractivity contribution in [1.82, 2.24) is 0 Å². The van der Waals surface area contributed by atoms with Gasteiger partial charge in [-0.3, -0.25) is 4.79 Å². The third-order valence-corrected chi connectivity index (χ3v) is 4.30. The minimum atomic E-state index is 0.197. The lowest BCUT2D eigenvalue weighted by Gasteiger charge is -2.18. The Bertz CT molecular complexity index is 319. The van der Waals surface area contributed by atoms with Gasteiger partial charge in [0, 0.05) is 0 Å². The normalized spacial score (nSPS) is 38.2. The first-order valence-electron chi connectivity index (χ1n) is 6.73. The lowest BCUT2D eigenvalue weighted by atomic mass is 9.82. The molecule has 0 aromatic heterocycles. The van der Waals surface area contributed by atoms with Gasteiger partial charge in [0.2, 0.25) is 0 Å². The van der Waals surface area contributed by atoms with Crippen molar-refractivity contribution in [3.63, 3.8) is 0 Å². The van der Waals surface area contributed by atoms with Crippen LogP contribution < -0.4 is 0 Å². The number of fused-ring (bicyclic) bond motifs is 2. The zero-order chi connectivity index (χ0) is 11.0. The van der Waals surface area contributed by atoms with Crippen molar-refractivity contribution in [1.29, 1.82) is 0 Å². The Morgan fingerprint density at radius 3 is 2.94 bits per heavy atom. The smallest absolute Gasteiger partial charge is 0.164 e. The largest absolute Gasteiger partial charge is 0.374 e. The van der Waals surface area contributed by atoms with Crippen LogP contribution in [0.2, 0.25) is 0 Å². The zero-order valence-electron chi connectivity index (χ0n) is 9.78. The Morgan fingerprint density at radius 2 is 2.19 bits per heavy atom. The van der Waals surface area contributed by atoms with Gasteiger partial charge in [-0.05, 0) is 50.5 Å². The van der Waals surface area contributed by atoms with Gasteiger partial charge < -0.3 is 4.74 Å². The average molecular weight is 220 g/mol. The first-order valence-corrected chi connectivity index (χ1v) is 6.73. The van der Waals surface area contributed by atoms with E-state index in [1.165, 1.54) is 25.7 Å². The Hall–Kier alpha value is -0.630. The third kappa shape index (κ3) is 1.84. The number of hydrogen-bond donors (Lipinski definition) is 0. The second kappa shape index (κ2) is 4.33. The monoisotopic (exact) mass is 220 g/mol. The molecule has 1 aliphatic carbocycles. The van der Waals surface area contributed by atoms with E-state index in [4.69, 9.17) is 4.74 Å². The summed E-state index contributed by atoms with van der Waals surface area (Å²) in [7, 11) is 0. The number of ether oxygens (including phenoxy) is 1. The standard InChI is InChI=1S/C14H20O2/c15-14(10-5-3-1-2-4-6-10)12-9-11-7-8-13(12)16-11/h5,11-13H,1-4,6-9H2. The summed E-state index contributed by atoms with van der Waals surface area (Å²) in [4.78, 5) is 12.4. The van der Waals surface area contributed by atoms with Crippen molar-refractivity contribution < 1.29 is 9.53 Å². The second-order valence-corrected chi connectivity index (χ2v) is 5.41. The summed E-state index contributed by atoms with van der Waals surface area (Å²) >= 11 is 0. The van der Waals surface area contributed by atoms with E-state index >= 15 is 0 Å². The van der Waals surface area contributed by atoms with Crippen molar-refractivity contribution >= 4 is 5.78 Å². The molecule has 3 unspecified atom stereocenters. The number of carbonyl (C=O) groups is 1. The summed E-state index contributed by atoms with van der Waals surface area (Å²) in [6.07, 6.45) is 11.9. The minimum Gasteiger partial charge on any atom is -0.374 e. The molecular weight excluding hydrogens is 200 g/mol. The van der Waals surface area contributed by atoms with Crippen molar-refractivity contribution in [3.8, 4) is 0 Å². The van der Waals surface area contributed by atoms with E-state index in [1.54, 1.807) is 0 Å². The number of ketones is 1. The fraction of sp³-hybridized carbons (Fsp3) is 0.786. The molecule has 3 rings (SSSR count). The highest BCUT2D eigenvalue weighted by Gasteiger charge is 2.44. The highest BCUT2D eigenvalue weighted by molar-refractivity contribution is 5.97. The molecule has 2 saturated heterocycles. The Morgan fingerprint density at radius 1 is 1.25 bits per heavy atom. The van der Waals surface area contributed by atoms with E-state index in [1.807, 2.05) is 0 Å². The minimum absolute atomic E-state index is 0.197. The first kappa shape index (κ1) is 10.5. The molecule has 3 aliphatic rings. The van der Waals surface area contributed by atoms with Crippen molar-refractivity contribution in [2.45, 2.75) is 63.6 Å². The van der Waals surface area contributed by atoms with Crippen LogP contribution in [0.25, 0.3) is 0 Å². The maximum absolute atomic E-state index is 12.4. The molecule has 2 heteroatoms. The SMILES string of the molecule is O=C(C1=CCCCCC1)C1CC2CCC1O2. The Kier molecular flexibility index (Phi) is 2.84. The maximum Gasteiger partial charge on any atom is 0.164 e. The van der Waals surface area contributed by atoms with Crippen LogP contribution in [0.1, 0.15) is 51.4 Å². The molecule has 2 heterocycles. The molecule has 0 spiro atoms. The highest BCUT2D eigenvalue weighted by Crippen LogP contribution is 2.40. The maximum atomic E-state index is 12.4. The molecule has 2 fully saturated rings. The van der Waals surface area contributed by atoms with Gasteiger partial charge in [0.1, 0.15) is 0 Å². The number of Topliss-reactive ketones (excluding diaryl/α,β-unsaturated/α-hetero) is 1. The average Bonchev–Trinajstić information content (AvgIpc) is 2.82. The fourth-order valence-electron chi connectivity index (χ4n) is 3.39. The summed E-state index contributed by atoms with van der Waals surface area (Å²) < 4.78 is 5.78. The van der Waals surface area contributed by atoms with Gasteiger partial charge in [-0.25, -0.2) is 0 Å². The van der Waals surface area contributed by atoms with Gasteiger partial charge in [0.25, 0.3) is 0 Å². The van der Waals surface area contributed by atoms with E-state index in [-0.39, 0.29) is 12.0 Å². The van der Waals surface area contributed by atoms with Crippen LogP contribution >= 0.6 is 0 Å². The second-order valence-electron chi connectivity index (χ2n) is 5.41. The van der Waals surface area contributed by atoms with Crippen molar-refractivity contribution in [3.05, 3.63) is 11.6 Å². The Balaban J connectivity index is 1.70. The molecule has 2 bridgehead atoms. The first-order chi connectivity index (χ1) is 7.84. The van der Waals surface area contributed by atoms with Crippen LogP contribution in [0.5, 0.6) is 0 Å². The predicted octanol–water partition coefficient (Wildman–Crippen LogP) is 3.01. The van der Waals surface area contributed by atoms with Gasteiger partial charge in [-0.2, -0.15) is 0 Å². The van der Waals surface area contributed by atoms with E-state index in [2.05, 4.69) is 6.08 Å². The number of carbonyl (C=O) groups excluding carboxylic acids is 1. The molecule has 0 N–H and O–H groups in total. The highest BCUT2D eigenvalue weighted by atomic mass is 16.5. The molecule has 3 atom stereocenters. The van der Waals surface area contributed by atoms with Gasteiger partial charge in [0.15, 0.2) is 5.78 Å². The van der Waals surface area contributed by atoms with Crippen LogP contribution in [0.3, 0.4) is 0 Å². The Labute approximate surface area is 97.1 Å². The number of allylic oxidation sites excluding steroid dienone is 2.